The molecule has 2 N–H and O–H groups in total. The Bertz CT molecular complexity index is 412. The van der Waals surface area contributed by atoms with E-state index < -0.39 is 6.10 Å². The number of carbonyl (C=O) groups is 1. The van der Waals surface area contributed by atoms with Crippen molar-refractivity contribution >= 4 is 5.91 Å². The van der Waals surface area contributed by atoms with Gasteiger partial charge in [-0.1, -0.05) is 31.5 Å². The number of carbonyl (C=O) groups excluding carboxylic acids is 1. The van der Waals surface area contributed by atoms with Gasteiger partial charge in [-0.3, -0.25) is 4.79 Å². The lowest BCUT2D eigenvalue weighted by Crippen LogP contribution is -2.42. The normalized spacial score (nSPS) is 12.9. The Hall–Kier alpha value is -1.55. The monoisotopic (exact) mass is 265 g/mol. The second-order valence-corrected chi connectivity index (χ2v) is 5.61. The van der Waals surface area contributed by atoms with Crippen LogP contribution in [0.2, 0.25) is 0 Å². The van der Waals surface area contributed by atoms with Crippen LogP contribution in [-0.4, -0.2) is 30.3 Å². The minimum absolute atomic E-state index is 0.0283. The van der Waals surface area contributed by atoms with E-state index in [9.17, 15) is 4.79 Å². The Morgan fingerprint density at radius 1 is 1.37 bits per heavy atom. The van der Waals surface area contributed by atoms with Gasteiger partial charge in [-0.2, -0.15) is 0 Å². The topological polar surface area (TPSA) is 58.6 Å². The molecule has 1 aromatic carbocycles. The predicted molar refractivity (Wildman–Crippen MR) is 75.1 cm³/mol. The standard InChI is InChI=1S/C15H23NO3/c1-11-5-7-13(8-6-11)19-12(2)14(18)16-9-15(3,4)10-17/h5-8,12,17H,9-10H2,1-4H3,(H,16,18). The van der Waals surface area contributed by atoms with Gasteiger partial charge in [0.05, 0.1) is 0 Å². The van der Waals surface area contributed by atoms with Crippen LogP contribution < -0.4 is 10.1 Å². The minimum Gasteiger partial charge on any atom is -0.481 e. The van der Waals surface area contributed by atoms with Crippen molar-refractivity contribution in [2.45, 2.75) is 33.8 Å². The number of nitrogens with one attached hydrogen (secondary N) is 1. The highest BCUT2D eigenvalue weighted by atomic mass is 16.5. The smallest absolute Gasteiger partial charge is 0.260 e. The molecule has 1 unspecified atom stereocenters. The first-order valence-corrected chi connectivity index (χ1v) is 6.46. The van der Waals surface area contributed by atoms with Gasteiger partial charge in [0.2, 0.25) is 0 Å². The van der Waals surface area contributed by atoms with Crippen molar-refractivity contribution < 1.29 is 14.6 Å². The van der Waals surface area contributed by atoms with Gasteiger partial charge in [0.25, 0.3) is 5.91 Å². The van der Waals surface area contributed by atoms with Crippen LogP contribution in [0.1, 0.15) is 26.3 Å². The van der Waals surface area contributed by atoms with E-state index in [2.05, 4.69) is 5.32 Å². The van der Waals surface area contributed by atoms with Crippen molar-refractivity contribution in [3.63, 3.8) is 0 Å². The van der Waals surface area contributed by atoms with Crippen LogP contribution in [0.3, 0.4) is 0 Å². The fourth-order valence-corrected chi connectivity index (χ4v) is 1.40. The zero-order valence-corrected chi connectivity index (χ0v) is 12.1. The van der Waals surface area contributed by atoms with E-state index in [1.54, 1.807) is 6.92 Å². The Labute approximate surface area is 114 Å². The molecule has 106 valence electrons. The largest absolute Gasteiger partial charge is 0.481 e. The van der Waals surface area contributed by atoms with Crippen LogP contribution in [0.5, 0.6) is 5.75 Å². The van der Waals surface area contributed by atoms with E-state index >= 15 is 0 Å². The molecule has 0 heterocycles. The van der Waals surface area contributed by atoms with Crippen molar-refractivity contribution in [1.82, 2.24) is 5.32 Å². The van der Waals surface area contributed by atoms with Crippen LogP contribution in [0.25, 0.3) is 0 Å². The fourth-order valence-electron chi connectivity index (χ4n) is 1.40. The molecule has 4 heteroatoms. The summed E-state index contributed by atoms with van der Waals surface area (Å²) in [7, 11) is 0. The van der Waals surface area contributed by atoms with E-state index in [1.807, 2.05) is 45.0 Å². The number of amides is 1. The van der Waals surface area contributed by atoms with Crippen molar-refractivity contribution in [3.8, 4) is 5.75 Å². The zero-order chi connectivity index (χ0) is 14.5. The van der Waals surface area contributed by atoms with Gasteiger partial charge in [-0.15, -0.1) is 0 Å². The second kappa shape index (κ2) is 6.57. The average Bonchev–Trinajstić information content (AvgIpc) is 2.38. The Balaban J connectivity index is 2.47. The number of rotatable bonds is 6. The number of hydrogen-bond acceptors (Lipinski definition) is 3. The van der Waals surface area contributed by atoms with Gasteiger partial charge in [-0.05, 0) is 26.0 Å². The SMILES string of the molecule is Cc1ccc(OC(C)C(=O)NCC(C)(C)CO)cc1. The molecule has 1 aromatic rings. The maximum atomic E-state index is 11.9. The summed E-state index contributed by atoms with van der Waals surface area (Å²) in [6, 6.07) is 7.57. The summed E-state index contributed by atoms with van der Waals surface area (Å²) in [5, 5.41) is 11.9. The van der Waals surface area contributed by atoms with E-state index in [4.69, 9.17) is 9.84 Å². The molecule has 0 spiro atoms. The van der Waals surface area contributed by atoms with E-state index in [0.717, 1.165) is 5.56 Å². The third-order valence-corrected chi connectivity index (χ3v) is 2.87. The first-order valence-electron chi connectivity index (χ1n) is 6.46. The molecular weight excluding hydrogens is 242 g/mol. The summed E-state index contributed by atoms with van der Waals surface area (Å²) in [5.74, 6) is 0.497. The lowest BCUT2D eigenvalue weighted by Gasteiger charge is -2.23. The van der Waals surface area contributed by atoms with E-state index in [0.29, 0.717) is 12.3 Å². The third-order valence-electron chi connectivity index (χ3n) is 2.87. The Morgan fingerprint density at radius 3 is 2.47 bits per heavy atom. The van der Waals surface area contributed by atoms with Crippen LogP contribution in [0, 0.1) is 12.3 Å². The summed E-state index contributed by atoms with van der Waals surface area (Å²) < 4.78 is 5.56. The number of ether oxygens (including phenoxy) is 1. The van der Waals surface area contributed by atoms with Crippen molar-refractivity contribution in [1.29, 1.82) is 0 Å². The van der Waals surface area contributed by atoms with Gasteiger partial charge in [-0.25, -0.2) is 0 Å². The molecule has 1 atom stereocenters. The molecule has 0 aromatic heterocycles. The second-order valence-electron chi connectivity index (χ2n) is 5.61. The highest BCUT2D eigenvalue weighted by molar-refractivity contribution is 5.80. The lowest BCUT2D eigenvalue weighted by atomic mass is 9.95. The molecule has 0 aliphatic rings. The van der Waals surface area contributed by atoms with Gasteiger partial charge >= 0.3 is 0 Å². The molecule has 1 rings (SSSR count). The van der Waals surface area contributed by atoms with Crippen molar-refractivity contribution in [2.24, 2.45) is 5.41 Å². The van der Waals surface area contributed by atoms with Crippen molar-refractivity contribution in [2.75, 3.05) is 13.2 Å². The predicted octanol–water partition coefficient (Wildman–Crippen LogP) is 1.90. The number of benzene rings is 1. The molecule has 0 bridgehead atoms. The molecule has 0 aliphatic carbocycles. The molecule has 0 fully saturated rings. The van der Waals surface area contributed by atoms with Gasteiger partial charge in [0.15, 0.2) is 6.10 Å². The number of aliphatic hydroxyl groups excluding tert-OH is 1. The highest BCUT2D eigenvalue weighted by Crippen LogP contribution is 2.14. The number of aliphatic hydroxyl groups is 1. The Morgan fingerprint density at radius 2 is 1.95 bits per heavy atom. The summed E-state index contributed by atoms with van der Waals surface area (Å²) in [6.07, 6.45) is -0.558. The van der Waals surface area contributed by atoms with E-state index in [-0.39, 0.29) is 17.9 Å². The first kappa shape index (κ1) is 15.5. The highest BCUT2D eigenvalue weighted by Gasteiger charge is 2.20. The van der Waals surface area contributed by atoms with Crippen LogP contribution in [-0.2, 0) is 4.79 Å². The molecule has 0 saturated heterocycles. The minimum atomic E-state index is -0.558. The number of aryl methyl sites for hydroxylation is 1. The summed E-state index contributed by atoms with van der Waals surface area (Å²) in [5.41, 5.74) is 0.827. The third kappa shape index (κ3) is 5.30. The van der Waals surface area contributed by atoms with Crippen molar-refractivity contribution in [3.05, 3.63) is 29.8 Å². The summed E-state index contributed by atoms with van der Waals surface area (Å²) in [6.45, 7) is 7.93. The van der Waals surface area contributed by atoms with E-state index in [1.165, 1.54) is 0 Å². The molecule has 1 amide bonds. The molecular formula is C15H23NO3. The fraction of sp³-hybridized carbons (Fsp3) is 0.533. The lowest BCUT2D eigenvalue weighted by molar-refractivity contribution is -0.127. The Kier molecular flexibility index (Phi) is 5.36. The molecule has 0 aliphatic heterocycles. The number of hydrogen-bond donors (Lipinski definition) is 2. The molecule has 19 heavy (non-hydrogen) atoms. The first-order chi connectivity index (χ1) is 8.84. The molecule has 0 saturated carbocycles. The van der Waals surface area contributed by atoms with Crippen LogP contribution >= 0.6 is 0 Å². The van der Waals surface area contributed by atoms with Crippen LogP contribution in [0.4, 0.5) is 0 Å². The zero-order valence-electron chi connectivity index (χ0n) is 12.1. The summed E-state index contributed by atoms with van der Waals surface area (Å²) in [4.78, 5) is 11.9. The maximum absolute atomic E-state index is 11.9. The van der Waals surface area contributed by atoms with Gasteiger partial charge < -0.3 is 15.2 Å². The molecule has 0 radical (unpaired) electrons. The average molecular weight is 265 g/mol. The van der Waals surface area contributed by atoms with Gasteiger partial charge in [0.1, 0.15) is 5.75 Å². The van der Waals surface area contributed by atoms with Crippen LogP contribution in [0.15, 0.2) is 24.3 Å². The van der Waals surface area contributed by atoms with Gasteiger partial charge in [0, 0.05) is 18.6 Å². The quantitative estimate of drug-likeness (QED) is 0.826. The summed E-state index contributed by atoms with van der Waals surface area (Å²) >= 11 is 0. The molecule has 4 nitrogen and oxygen atoms in total. The maximum Gasteiger partial charge on any atom is 0.260 e.